The van der Waals surface area contributed by atoms with Crippen molar-refractivity contribution in [2.45, 2.75) is 209 Å². The van der Waals surface area contributed by atoms with Crippen LogP contribution in [0.3, 0.4) is 0 Å². The van der Waals surface area contributed by atoms with E-state index in [-0.39, 0.29) is 12.1 Å². The molecule has 0 unspecified atom stereocenters. The molecular formula is C44H78O2. The Morgan fingerprint density at radius 2 is 1.41 bits per heavy atom. The molecule has 0 bridgehead atoms. The van der Waals surface area contributed by atoms with Crippen LogP contribution in [-0.2, 0) is 9.53 Å². The van der Waals surface area contributed by atoms with E-state index >= 15 is 0 Å². The molecule has 0 aromatic carbocycles. The average molecular weight is 639 g/mol. The number of rotatable bonds is 20. The highest BCUT2D eigenvalue weighted by Crippen LogP contribution is 2.67. The summed E-state index contributed by atoms with van der Waals surface area (Å²) >= 11 is 0. The van der Waals surface area contributed by atoms with Crippen LogP contribution in [-0.4, -0.2) is 12.1 Å². The van der Waals surface area contributed by atoms with Gasteiger partial charge in [-0.25, -0.2) is 0 Å². The number of fused-ring (bicyclic) bond motifs is 5. The van der Waals surface area contributed by atoms with E-state index in [0.717, 1.165) is 60.7 Å². The SMILES string of the molecule is CCCCCCCCCCCCCCCC(=O)O[C@H]1CC[C@@]2(C)C(=CC[C@H]3[C@H]4CC[C@H]([C@H](C)CC[C@H](C)C(C)C)[C@@]4(C)CC[C@@H]32)C1. The van der Waals surface area contributed by atoms with Crippen molar-refractivity contribution >= 4 is 5.97 Å². The second-order valence-electron chi connectivity index (χ2n) is 18.1. The summed E-state index contributed by atoms with van der Waals surface area (Å²) < 4.78 is 6.13. The predicted molar refractivity (Wildman–Crippen MR) is 198 cm³/mol. The van der Waals surface area contributed by atoms with Gasteiger partial charge in [0.15, 0.2) is 0 Å². The quantitative estimate of drug-likeness (QED) is 0.0753. The van der Waals surface area contributed by atoms with Crippen molar-refractivity contribution in [3.05, 3.63) is 11.6 Å². The largest absolute Gasteiger partial charge is 0.462 e. The second-order valence-corrected chi connectivity index (χ2v) is 18.1. The minimum absolute atomic E-state index is 0.0632. The molecule has 0 amide bonds. The monoisotopic (exact) mass is 639 g/mol. The molecule has 4 aliphatic rings. The third-order valence-corrected chi connectivity index (χ3v) is 14.8. The fraction of sp³-hybridized carbons (Fsp3) is 0.932. The first-order valence-electron chi connectivity index (χ1n) is 21.0. The van der Waals surface area contributed by atoms with Crippen LogP contribution in [0.5, 0.6) is 0 Å². The van der Waals surface area contributed by atoms with Crippen LogP contribution >= 0.6 is 0 Å². The molecule has 0 N–H and O–H groups in total. The minimum atomic E-state index is 0.0632. The summed E-state index contributed by atoms with van der Waals surface area (Å²) in [4.78, 5) is 12.8. The van der Waals surface area contributed by atoms with Gasteiger partial charge in [0.25, 0.3) is 0 Å². The van der Waals surface area contributed by atoms with Crippen LogP contribution in [0.1, 0.15) is 203 Å². The lowest BCUT2D eigenvalue weighted by atomic mass is 9.47. The van der Waals surface area contributed by atoms with Crippen LogP contribution in [0.15, 0.2) is 11.6 Å². The number of unbranched alkanes of at least 4 members (excludes halogenated alkanes) is 12. The lowest BCUT2D eigenvalue weighted by Crippen LogP contribution is -2.51. The molecule has 9 atom stereocenters. The van der Waals surface area contributed by atoms with Crippen molar-refractivity contribution < 1.29 is 9.53 Å². The summed E-state index contributed by atoms with van der Waals surface area (Å²) in [6, 6.07) is 0. The molecule has 0 saturated heterocycles. The van der Waals surface area contributed by atoms with Gasteiger partial charge in [0.2, 0.25) is 0 Å². The number of esters is 1. The molecule has 2 heteroatoms. The van der Waals surface area contributed by atoms with Crippen LogP contribution in [0.4, 0.5) is 0 Å². The van der Waals surface area contributed by atoms with Crippen molar-refractivity contribution in [3.63, 3.8) is 0 Å². The maximum absolute atomic E-state index is 12.8. The summed E-state index contributed by atoms with van der Waals surface area (Å²) in [5.41, 5.74) is 2.52. The zero-order valence-corrected chi connectivity index (χ0v) is 32.0. The molecule has 0 radical (unpaired) electrons. The van der Waals surface area contributed by atoms with Crippen LogP contribution in [0, 0.1) is 52.3 Å². The van der Waals surface area contributed by atoms with Gasteiger partial charge in [-0.05, 0) is 104 Å². The Labute approximate surface area is 287 Å². The lowest BCUT2D eigenvalue weighted by molar-refractivity contribution is -0.151. The fourth-order valence-corrected chi connectivity index (χ4v) is 11.3. The topological polar surface area (TPSA) is 26.3 Å². The van der Waals surface area contributed by atoms with Gasteiger partial charge in [-0.15, -0.1) is 0 Å². The first kappa shape index (κ1) is 38.0. The number of allylic oxidation sites excluding steroid dienone is 1. The van der Waals surface area contributed by atoms with Gasteiger partial charge in [-0.1, -0.05) is 150 Å². The van der Waals surface area contributed by atoms with Gasteiger partial charge in [0.1, 0.15) is 6.10 Å². The molecule has 0 aromatic rings. The molecule has 46 heavy (non-hydrogen) atoms. The molecule has 0 aliphatic heterocycles. The van der Waals surface area contributed by atoms with Crippen molar-refractivity contribution in [2.24, 2.45) is 52.3 Å². The molecule has 0 aromatic heterocycles. The molecule has 4 rings (SSSR count). The Bertz CT molecular complexity index is 934. The summed E-state index contributed by atoms with van der Waals surface area (Å²) in [5.74, 6) is 6.11. The Hall–Kier alpha value is -0.790. The third kappa shape index (κ3) is 9.67. The van der Waals surface area contributed by atoms with E-state index < -0.39 is 0 Å². The maximum Gasteiger partial charge on any atom is 0.306 e. The normalized spacial score (nSPS) is 33.6. The van der Waals surface area contributed by atoms with Crippen LogP contribution < -0.4 is 0 Å². The number of ether oxygens (including phenoxy) is 1. The van der Waals surface area contributed by atoms with Crippen LogP contribution in [0.2, 0.25) is 0 Å². The van der Waals surface area contributed by atoms with Crippen molar-refractivity contribution in [1.29, 1.82) is 0 Å². The van der Waals surface area contributed by atoms with E-state index in [1.807, 2.05) is 0 Å². The second kappa shape index (κ2) is 18.3. The predicted octanol–water partition coefficient (Wildman–Crippen LogP) is 13.7. The minimum Gasteiger partial charge on any atom is -0.462 e. The zero-order chi connectivity index (χ0) is 33.2. The first-order chi connectivity index (χ1) is 22.1. The highest BCUT2D eigenvalue weighted by Gasteiger charge is 2.59. The Kier molecular flexibility index (Phi) is 15.1. The van der Waals surface area contributed by atoms with Crippen molar-refractivity contribution in [2.75, 3.05) is 0 Å². The van der Waals surface area contributed by atoms with Crippen molar-refractivity contribution in [1.82, 2.24) is 0 Å². The van der Waals surface area contributed by atoms with Gasteiger partial charge in [0, 0.05) is 12.8 Å². The number of hydrogen-bond donors (Lipinski definition) is 0. The number of hydrogen-bond acceptors (Lipinski definition) is 2. The standard InChI is InChI=1S/C44H78O2/c1-8-9-10-11-12-13-14-15-16-17-18-19-20-21-42(45)46-37-28-30-43(6)36(32-37)24-25-38-40-27-26-39(44(40,7)31-29-41(38)43)35(5)23-22-34(4)33(2)3/h24,33-35,37-41H,8-23,25-32H2,1-7H3/t34-,35+,37-,38-,39+,40+,41-,43-,44+/m0/s1. The maximum atomic E-state index is 12.8. The van der Waals surface area contributed by atoms with Gasteiger partial charge < -0.3 is 4.74 Å². The Morgan fingerprint density at radius 1 is 0.783 bits per heavy atom. The van der Waals surface area contributed by atoms with E-state index in [1.54, 1.807) is 5.57 Å². The van der Waals surface area contributed by atoms with E-state index in [0.29, 0.717) is 17.3 Å². The highest BCUT2D eigenvalue weighted by molar-refractivity contribution is 5.69. The highest BCUT2D eigenvalue weighted by atomic mass is 16.5. The molecule has 0 spiro atoms. The molecule has 3 saturated carbocycles. The summed E-state index contributed by atoms with van der Waals surface area (Å²) in [6.45, 7) is 17.5. The van der Waals surface area contributed by atoms with Crippen molar-refractivity contribution in [3.8, 4) is 0 Å². The fourth-order valence-electron chi connectivity index (χ4n) is 11.3. The molecule has 3 fully saturated rings. The summed E-state index contributed by atoms with van der Waals surface area (Å²) in [7, 11) is 0. The average Bonchev–Trinajstić information content (AvgIpc) is 3.39. The number of carbonyl (C=O) groups is 1. The van der Waals surface area contributed by atoms with E-state index in [1.165, 1.54) is 128 Å². The third-order valence-electron chi connectivity index (χ3n) is 14.8. The zero-order valence-electron chi connectivity index (χ0n) is 32.0. The van der Waals surface area contributed by atoms with Gasteiger partial charge >= 0.3 is 5.97 Å². The smallest absolute Gasteiger partial charge is 0.306 e. The van der Waals surface area contributed by atoms with Gasteiger partial charge in [-0.3, -0.25) is 4.79 Å². The Balaban J connectivity index is 1.15. The molecule has 266 valence electrons. The number of carbonyl (C=O) groups excluding carboxylic acids is 1. The summed E-state index contributed by atoms with van der Waals surface area (Å²) in [5, 5.41) is 0. The van der Waals surface area contributed by atoms with E-state index in [4.69, 9.17) is 4.74 Å². The Morgan fingerprint density at radius 3 is 2.04 bits per heavy atom. The van der Waals surface area contributed by atoms with E-state index in [2.05, 4.69) is 54.5 Å². The van der Waals surface area contributed by atoms with Crippen LogP contribution in [0.25, 0.3) is 0 Å². The molecular weight excluding hydrogens is 560 g/mol. The van der Waals surface area contributed by atoms with Gasteiger partial charge in [-0.2, -0.15) is 0 Å². The lowest BCUT2D eigenvalue weighted by Gasteiger charge is -2.58. The molecule has 2 nitrogen and oxygen atoms in total. The van der Waals surface area contributed by atoms with Gasteiger partial charge in [0.05, 0.1) is 0 Å². The van der Waals surface area contributed by atoms with E-state index in [9.17, 15) is 4.79 Å². The summed E-state index contributed by atoms with van der Waals surface area (Å²) in [6.07, 6.45) is 34.0. The molecule has 4 aliphatic carbocycles. The first-order valence-corrected chi connectivity index (χ1v) is 21.0. The molecule has 0 heterocycles.